The van der Waals surface area contributed by atoms with Crippen molar-refractivity contribution < 1.29 is 13.6 Å². The second kappa shape index (κ2) is 8.18. The predicted octanol–water partition coefficient (Wildman–Crippen LogP) is 5.24. The minimum atomic E-state index is -0.542. The van der Waals surface area contributed by atoms with Gasteiger partial charge in [0, 0.05) is 17.8 Å². The molecule has 0 atom stereocenters. The molecule has 0 unspecified atom stereocenters. The zero-order chi connectivity index (χ0) is 19.2. The Morgan fingerprint density at radius 1 is 1.22 bits per heavy atom. The first kappa shape index (κ1) is 18.2. The number of halogens is 1. The average Bonchev–Trinajstić information content (AvgIpc) is 3.07. The zero-order valence-electron chi connectivity index (χ0n) is 14.8. The number of carbonyl (C=O) groups is 1. The largest absolute Gasteiger partial charge is 0.428 e. The van der Waals surface area contributed by atoms with Crippen LogP contribution in [0, 0.1) is 12.7 Å². The summed E-state index contributed by atoms with van der Waals surface area (Å²) in [6.07, 6.45) is 3.95. The quantitative estimate of drug-likeness (QED) is 0.521. The van der Waals surface area contributed by atoms with Gasteiger partial charge in [0.05, 0.1) is 11.9 Å². The summed E-state index contributed by atoms with van der Waals surface area (Å²) in [4.78, 5) is 16.3. The second-order valence-electron chi connectivity index (χ2n) is 5.84. The van der Waals surface area contributed by atoms with Gasteiger partial charge in [0.2, 0.25) is 0 Å². The Labute approximate surface area is 156 Å². The summed E-state index contributed by atoms with van der Waals surface area (Å²) in [6.45, 7) is 5.58. The summed E-state index contributed by atoms with van der Waals surface area (Å²) >= 11 is 0. The van der Waals surface area contributed by atoms with Crippen LogP contribution in [0.1, 0.15) is 11.3 Å². The number of amides is 2. The van der Waals surface area contributed by atoms with Gasteiger partial charge in [-0.25, -0.2) is 14.2 Å². The van der Waals surface area contributed by atoms with Crippen LogP contribution in [-0.2, 0) is 6.42 Å². The summed E-state index contributed by atoms with van der Waals surface area (Å²) in [5.74, 6) is 0.196. The number of benzene rings is 2. The number of anilines is 4. The number of carbonyl (C=O) groups excluding carboxylic acids is 1. The number of oxazole rings is 1. The van der Waals surface area contributed by atoms with E-state index in [2.05, 4.69) is 27.5 Å². The summed E-state index contributed by atoms with van der Waals surface area (Å²) in [7, 11) is 0. The Morgan fingerprint density at radius 2 is 2.04 bits per heavy atom. The van der Waals surface area contributed by atoms with E-state index in [4.69, 9.17) is 4.42 Å². The van der Waals surface area contributed by atoms with Crippen molar-refractivity contribution >= 4 is 29.1 Å². The minimum Gasteiger partial charge on any atom is -0.428 e. The Balaban J connectivity index is 1.69. The van der Waals surface area contributed by atoms with Crippen LogP contribution in [-0.4, -0.2) is 11.0 Å². The SMILES string of the molecule is C=CCc1cnc(Nc2cc(NC(=O)Nc3ccccc3F)ccc2C)o1. The van der Waals surface area contributed by atoms with Gasteiger partial charge in [-0.3, -0.25) is 0 Å². The number of urea groups is 1. The van der Waals surface area contributed by atoms with Crippen molar-refractivity contribution in [3.8, 4) is 0 Å². The fraction of sp³-hybridized carbons (Fsp3) is 0.100. The van der Waals surface area contributed by atoms with Gasteiger partial charge in [-0.15, -0.1) is 6.58 Å². The van der Waals surface area contributed by atoms with Crippen molar-refractivity contribution in [1.29, 1.82) is 0 Å². The summed E-state index contributed by atoms with van der Waals surface area (Å²) in [6, 6.07) is 11.1. The second-order valence-corrected chi connectivity index (χ2v) is 5.84. The number of rotatable bonds is 6. The lowest BCUT2D eigenvalue weighted by molar-refractivity contribution is 0.262. The van der Waals surface area contributed by atoms with Crippen LogP contribution in [0.3, 0.4) is 0 Å². The molecule has 2 amide bonds. The molecule has 0 bridgehead atoms. The number of para-hydroxylation sites is 1. The maximum Gasteiger partial charge on any atom is 0.323 e. The van der Waals surface area contributed by atoms with Crippen molar-refractivity contribution in [2.75, 3.05) is 16.0 Å². The molecule has 0 saturated carbocycles. The van der Waals surface area contributed by atoms with E-state index in [0.29, 0.717) is 23.9 Å². The molecule has 0 aliphatic rings. The molecule has 2 aromatic carbocycles. The van der Waals surface area contributed by atoms with E-state index >= 15 is 0 Å². The standard InChI is InChI=1S/C20H19FN4O2/c1-3-6-15-12-22-20(27-15)25-18-11-14(10-9-13(18)2)23-19(26)24-17-8-5-4-7-16(17)21/h3-5,7-12H,1,6H2,2H3,(H,22,25)(H2,23,24,26). The van der Waals surface area contributed by atoms with Gasteiger partial charge < -0.3 is 20.4 Å². The normalized spacial score (nSPS) is 10.3. The van der Waals surface area contributed by atoms with Crippen molar-refractivity contribution in [3.63, 3.8) is 0 Å². The van der Waals surface area contributed by atoms with Crippen LogP contribution in [0.2, 0.25) is 0 Å². The van der Waals surface area contributed by atoms with E-state index in [0.717, 1.165) is 11.3 Å². The molecular weight excluding hydrogens is 347 g/mol. The lowest BCUT2D eigenvalue weighted by Crippen LogP contribution is -2.20. The Bertz CT molecular complexity index is 968. The van der Waals surface area contributed by atoms with Gasteiger partial charge in [-0.2, -0.15) is 0 Å². The molecule has 138 valence electrons. The topological polar surface area (TPSA) is 79.2 Å². The first-order valence-corrected chi connectivity index (χ1v) is 8.31. The van der Waals surface area contributed by atoms with Gasteiger partial charge in [0.15, 0.2) is 0 Å². The van der Waals surface area contributed by atoms with Crippen LogP contribution < -0.4 is 16.0 Å². The predicted molar refractivity (Wildman–Crippen MR) is 104 cm³/mol. The summed E-state index contributed by atoms with van der Waals surface area (Å²) in [5.41, 5.74) is 2.31. The van der Waals surface area contributed by atoms with Crippen molar-refractivity contribution in [3.05, 3.63) is 78.5 Å². The maximum atomic E-state index is 13.6. The van der Waals surface area contributed by atoms with Crippen molar-refractivity contribution in [1.82, 2.24) is 4.98 Å². The fourth-order valence-corrected chi connectivity index (χ4v) is 2.40. The molecule has 0 aliphatic carbocycles. The number of nitrogens with zero attached hydrogens (tertiary/aromatic N) is 1. The highest BCUT2D eigenvalue weighted by atomic mass is 19.1. The van der Waals surface area contributed by atoms with E-state index < -0.39 is 11.8 Å². The highest BCUT2D eigenvalue weighted by Gasteiger charge is 2.09. The smallest absolute Gasteiger partial charge is 0.323 e. The van der Waals surface area contributed by atoms with E-state index in [-0.39, 0.29) is 5.69 Å². The van der Waals surface area contributed by atoms with Crippen molar-refractivity contribution in [2.24, 2.45) is 0 Å². The molecule has 3 rings (SSSR count). The molecule has 0 radical (unpaired) electrons. The Kier molecular flexibility index (Phi) is 5.51. The molecule has 0 saturated heterocycles. The molecule has 0 spiro atoms. The zero-order valence-corrected chi connectivity index (χ0v) is 14.8. The van der Waals surface area contributed by atoms with Gasteiger partial charge >= 0.3 is 6.03 Å². The number of nitrogens with one attached hydrogen (secondary N) is 3. The van der Waals surface area contributed by atoms with Crippen LogP contribution in [0.15, 0.2) is 65.7 Å². The third-order valence-electron chi connectivity index (χ3n) is 3.76. The lowest BCUT2D eigenvalue weighted by Gasteiger charge is -2.11. The van der Waals surface area contributed by atoms with E-state index in [9.17, 15) is 9.18 Å². The van der Waals surface area contributed by atoms with E-state index in [1.165, 1.54) is 12.1 Å². The maximum absolute atomic E-state index is 13.6. The van der Waals surface area contributed by atoms with E-state index in [1.807, 2.05) is 13.0 Å². The average molecular weight is 366 g/mol. The third-order valence-corrected chi connectivity index (χ3v) is 3.76. The number of aryl methyl sites for hydroxylation is 1. The van der Waals surface area contributed by atoms with Gasteiger partial charge in [0.1, 0.15) is 11.6 Å². The molecule has 1 heterocycles. The molecular formula is C20H19FN4O2. The summed E-state index contributed by atoms with van der Waals surface area (Å²) < 4.78 is 19.2. The summed E-state index contributed by atoms with van der Waals surface area (Å²) in [5, 5.41) is 8.23. The first-order chi connectivity index (χ1) is 13.0. The highest BCUT2D eigenvalue weighted by Crippen LogP contribution is 2.24. The lowest BCUT2D eigenvalue weighted by atomic mass is 10.2. The molecule has 1 aromatic heterocycles. The highest BCUT2D eigenvalue weighted by molar-refractivity contribution is 6.00. The molecule has 6 nitrogen and oxygen atoms in total. The van der Waals surface area contributed by atoms with Gasteiger partial charge in [-0.1, -0.05) is 24.3 Å². The van der Waals surface area contributed by atoms with Crippen LogP contribution in [0.25, 0.3) is 0 Å². The molecule has 3 N–H and O–H groups in total. The number of hydrogen-bond donors (Lipinski definition) is 3. The monoisotopic (exact) mass is 366 g/mol. The van der Waals surface area contributed by atoms with Gasteiger partial charge in [-0.05, 0) is 36.8 Å². The minimum absolute atomic E-state index is 0.106. The van der Waals surface area contributed by atoms with Crippen LogP contribution in [0.5, 0.6) is 0 Å². The Morgan fingerprint density at radius 3 is 2.81 bits per heavy atom. The number of hydrogen-bond acceptors (Lipinski definition) is 4. The molecule has 0 aliphatic heterocycles. The third kappa shape index (κ3) is 4.72. The molecule has 27 heavy (non-hydrogen) atoms. The van der Waals surface area contributed by atoms with Crippen LogP contribution in [0.4, 0.5) is 32.3 Å². The van der Waals surface area contributed by atoms with Crippen LogP contribution >= 0.6 is 0 Å². The number of allylic oxidation sites excluding steroid dienone is 1. The fourth-order valence-electron chi connectivity index (χ4n) is 2.40. The Hall–Kier alpha value is -3.61. The molecule has 3 aromatic rings. The number of aromatic nitrogens is 1. The first-order valence-electron chi connectivity index (χ1n) is 8.31. The van der Waals surface area contributed by atoms with Crippen molar-refractivity contribution in [2.45, 2.75) is 13.3 Å². The van der Waals surface area contributed by atoms with Gasteiger partial charge in [0.25, 0.3) is 6.01 Å². The molecule has 7 heteroatoms. The molecule has 0 fully saturated rings. The van der Waals surface area contributed by atoms with E-state index in [1.54, 1.807) is 36.5 Å².